The van der Waals surface area contributed by atoms with Crippen molar-refractivity contribution in [1.29, 1.82) is 0 Å². The van der Waals surface area contributed by atoms with Crippen LogP contribution in [0.1, 0.15) is 10.4 Å². The first kappa shape index (κ1) is 12.3. The SMILES string of the molecule is C=C(Br)CN1C(=O)C(=O)c2c(Cl)ccc(F)c21. The number of ketones is 1. The molecule has 0 aliphatic carbocycles. The highest BCUT2D eigenvalue weighted by Gasteiger charge is 2.39. The quantitative estimate of drug-likeness (QED) is 0.786. The third-order valence-electron chi connectivity index (χ3n) is 2.34. The lowest BCUT2D eigenvalue weighted by Gasteiger charge is -2.16. The van der Waals surface area contributed by atoms with Gasteiger partial charge in [-0.05, 0) is 12.1 Å². The van der Waals surface area contributed by atoms with E-state index in [-0.39, 0.29) is 22.8 Å². The lowest BCUT2D eigenvalue weighted by molar-refractivity contribution is -0.114. The van der Waals surface area contributed by atoms with Crippen molar-refractivity contribution in [2.75, 3.05) is 11.4 Å². The summed E-state index contributed by atoms with van der Waals surface area (Å²) in [5.41, 5.74) is -0.154. The zero-order valence-corrected chi connectivity index (χ0v) is 10.8. The highest BCUT2D eigenvalue weighted by Crippen LogP contribution is 2.37. The summed E-state index contributed by atoms with van der Waals surface area (Å²) in [7, 11) is 0. The molecule has 0 saturated carbocycles. The minimum atomic E-state index is -0.799. The second kappa shape index (κ2) is 4.23. The monoisotopic (exact) mass is 317 g/mol. The fourth-order valence-corrected chi connectivity index (χ4v) is 2.16. The molecule has 1 aromatic carbocycles. The molecule has 0 spiro atoms. The van der Waals surface area contributed by atoms with E-state index in [1.165, 1.54) is 6.07 Å². The van der Waals surface area contributed by atoms with Gasteiger partial charge in [0.15, 0.2) is 0 Å². The molecule has 2 rings (SSSR count). The molecule has 0 unspecified atom stereocenters. The zero-order valence-electron chi connectivity index (χ0n) is 8.47. The van der Waals surface area contributed by atoms with Gasteiger partial charge in [0.2, 0.25) is 0 Å². The largest absolute Gasteiger partial charge is 0.299 e. The van der Waals surface area contributed by atoms with Gasteiger partial charge in [0.1, 0.15) is 5.82 Å². The number of carbonyl (C=O) groups excluding carboxylic acids is 2. The van der Waals surface area contributed by atoms with Crippen LogP contribution in [0.3, 0.4) is 0 Å². The molecule has 1 amide bonds. The maximum absolute atomic E-state index is 13.7. The van der Waals surface area contributed by atoms with E-state index in [2.05, 4.69) is 22.5 Å². The van der Waals surface area contributed by atoms with Crippen molar-refractivity contribution >= 4 is 44.9 Å². The Morgan fingerprint density at radius 2 is 2.12 bits per heavy atom. The number of benzene rings is 1. The molecule has 0 aromatic heterocycles. The van der Waals surface area contributed by atoms with E-state index in [9.17, 15) is 14.0 Å². The molecule has 1 aliphatic rings. The number of halogens is 3. The molecule has 0 N–H and O–H groups in total. The fourth-order valence-electron chi connectivity index (χ4n) is 1.67. The van der Waals surface area contributed by atoms with E-state index in [0.717, 1.165) is 11.0 Å². The number of hydrogen-bond donors (Lipinski definition) is 0. The van der Waals surface area contributed by atoms with Crippen molar-refractivity contribution in [2.24, 2.45) is 0 Å². The number of anilines is 1. The number of amides is 1. The number of fused-ring (bicyclic) bond motifs is 1. The highest BCUT2D eigenvalue weighted by atomic mass is 79.9. The van der Waals surface area contributed by atoms with Crippen LogP contribution in [-0.2, 0) is 4.79 Å². The van der Waals surface area contributed by atoms with Crippen molar-refractivity contribution in [1.82, 2.24) is 0 Å². The van der Waals surface area contributed by atoms with Crippen molar-refractivity contribution < 1.29 is 14.0 Å². The lowest BCUT2D eigenvalue weighted by Crippen LogP contribution is -2.31. The van der Waals surface area contributed by atoms with Gasteiger partial charge in [-0.2, -0.15) is 0 Å². The average Bonchev–Trinajstić information content (AvgIpc) is 2.49. The number of hydrogen-bond acceptors (Lipinski definition) is 2. The van der Waals surface area contributed by atoms with Crippen molar-refractivity contribution in [3.05, 3.63) is 39.6 Å². The zero-order chi connectivity index (χ0) is 12.7. The van der Waals surface area contributed by atoms with Crippen LogP contribution in [0.4, 0.5) is 10.1 Å². The number of carbonyl (C=O) groups is 2. The van der Waals surface area contributed by atoms with E-state index >= 15 is 0 Å². The van der Waals surface area contributed by atoms with Crippen LogP contribution in [0.25, 0.3) is 0 Å². The summed E-state index contributed by atoms with van der Waals surface area (Å²) in [6, 6.07) is 2.38. The molecule has 88 valence electrons. The normalized spacial score (nSPS) is 14.2. The molecule has 0 bridgehead atoms. The molecule has 0 saturated heterocycles. The molecule has 6 heteroatoms. The van der Waals surface area contributed by atoms with Crippen molar-refractivity contribution in [2.45, 2.75) is 0 Å². The highest BCUT2D eigenvalue weighted by molar-refractivity contribution is 9.11. The van der Waals surface area contributed by atoms with Gasteiger partial charge in [-0.25, -0.2) is 4.39 Å². The molecule has 1 aromatic rings. The van der Waals surface area contributed by atoms with Gasteiger partial charge in [0, 0.05) is 4.48 Å². The summed E-state index contributed by atoms with van der Waals surface area (Å²) in [6.45, 7) is 3.58. The predicted octanol–water partition coefficient (Wildman–Crippen LogP) is 2.92. The van der Waals surface area contributed by atoms with Gasteiger partial charge in [-0.1, -0.05) is 34.1 Å². The van der Waals surface area contributed by atoms with E-state index in [4.69, 9.17) is 11.6 Å². The van der Waals surface area contributed by atoms with Crippen LogP contribution in [0.15, 0.2) is 23.2 Å². The Bertz CT molecular complexity index is 559. The number of Topliss-reactive ketones (excluding diaryl/α,β-unsaturated/α-hetero) is 1. The summed E-state index contributed by atoms with van der Waals surface area (Å²) < 4.78 is 14.1. The number of rotatable bonds is 2. The third-order valence-corrected chi connectivity index (χ3v) is 2.91. The van der Waals surface area contributed by atoms with Crippen molar-refractivity contribution in [3.8, 4) is 0 Å². The molecular formula is C11H6BrClFNO2. The summed E-state index contributed by atoms with van der Waals surface area (Å²) in [4.78, 5) is 24.4. The Balaban J connectivity index is 2.63. The van der Waals surface area contributed by atoms with Gasteiger partial charge in [0.25, 0.3) is 11.7 Å². The summed E-state index contributed by atoms with van der Waals surface area (Å²) in [5, 5.41) is 0.0717. The van der Waals surface area contributed by atoms with Crippen LogP contribution < -0.4 is 4.90 Å². The van der Waals surface area contributed by atoms with Crippen LogP contribution in [0.5, 0.6) is 0 Å². The molecule has 1 aliphatic heterocycles. The topological polar surface area (TPSA) is 37.4 Å². The second-order valence-electron chi connectivity index (χ2n) is 3.49. The molecule has 0 fully saturated rings. The first-order valence-corrected chi connectivity index (χ1v) is 5.78. The summed E-state index contributed by atoms with van der Waals surface area (Å²) in [5.74, 6) is -2.25. The molecule has 17 heavy (non-hydrogen) atoms. The second-order valence-corrected chi connectivity index (χ2v) is 5.02. The first-order valence-electron chi connectivity index (χ1n) is 4.61. The lowest BCUT2D eigenvalue weighted by atomic mass is 10.1. The van der Waals surface area contributed by atoms with Gasteiger partial charge in [-0.15, -0.1) is 0 Å². The van der Waals surface area contributed by atoms with Crippen LogP contribution >= 0.6 is 27.5 Å². The standard InChI is InChI=1S/C11H6BrClFNO2/c1-5(12)4-15-9-7(14)3-2-6(13)8(9)10(16)11(15)17/h2-3H,1,4H2. The van der Waals surface area contributed by atoms with Crippen molar-refractivity contribution in [3.63, 3.8) is 0 Å². The predicted molar refractivity (Wildman–Crippen MR) is 66.2 cm³/mol. The van der Waals surface area contributed by atoms with Gasteiger partial charge < -0.3 is 0 Å². The van der Waals surface area contributed by atoms with Crippen LogP contribution in [0, 0.1) is 5.82 Å². The van der Waals surface area contributed by atoms with Gasteiger partial charge in [0.05, 0.1) is 22.8 Å². The third kappa shape index (κ3) is 1.89. The molecule has 0 radical (unpaired) electrons. The Hall–Kier alpha value is -1.20. The van der Waals surface area contributed by atoms with E-state index in [0.29, 0.717) is 4.48 Å². The minimum Gasteiger partial charge on any atom is -0.297 e. The van der Waals surface area contributed by atoms with Gasteiger partial charge >= 0.3 is 0 Å². The maximum Gasteiger partial charge on any atom is 0.299 e. The van der Waals surface area contributed by atoms with Gasteiger partial charge in [-0.3, -0.25) is 14.5 Å². The van der Waals surface area contributed by atoms with Crippen LogP contribution in [0.2, 0.25) is 5.02 Å². The Labute approximate surface area is 110 Å². The smallest absolute Gasteiger partial charge is 0.297 e. The molecule has 0 atom stereocenters. The Kier molecular flexibility index (Phi) is 3.05. The fraction of sp³-hybridized carbons (Fsp3) is 0.0909. The molecule has 3 nitrogen and oxygen atoms in total. The first-order chi connectivity index (χ1) is 7.93. The van der Waals surface area contributed by atoms with E-state index in [1.807, 2.05) is 0 Å². The Morgan fingerprint density at radius 3 is 2.71 bits per heavy atom. The van der Waals surface area contributed by atoms with E-state index in [1.54, 1.807) is 0 Å². The summed E-state index contributed by atoms with van der Waals surface area (Å²) in [6.07, 6.45) is 0. The molecular weight excluding hydrogens is 312 g/mol. The number of nitrogens with zero attached hydrogens (tertiary/aromatic N) is 1. The maximum atomic E-state index is 13.7. The van der Waals surface area contributed by atoms with Crippen LogP contribution in [-0.4, -0.2) is 18.2 Å². The van der Waals surface area contributed by atoms with E-state index < -0.39 is 17.5 Å². The minimum absolute atomic E-state index is 0.0227. The Morgan fingerprint density at radius 1 is 1.47 bits per heavy atom. The molecule has 1 heterocycles. The average molecular weight is 319 g/mol. The summed E-state index contributed by atoms with van der Waals surface area (Å²) >= 11 is 8.87.